The SMILES string of the molecule is Cc1ccc(CCOc2cccc(Br)c2)cc1. The molecule has 0 saturated heterocycles. The van der Waals surface area contributed by atoms with Crippen LogP contribution in [0.25, 0.3) is 0 Å². The smallest absolute Gasteiger partial charge is 0.120 e. The van der Waals surface area contributed by atoms with Crippen LogP contribution >= 0.6 is 15.9 Å². The average molecular weight is 291 g/mol. The first kappa shape index (κ1) is 12.2. The van der Waals surface area contributed by atoms with Crippen molar-refractivity contribution >= 4 is 15.9 Å². The van der Waals surface area contributed by atoms with Crippen molar-refractivity contribution in [2.45, 2.75) is 13.3 Å². The maximum absolute atomic E-state index is 5.69. The van der Waals surface area contributed by atoms with Crippen LogP contribution in [0.2, 0.25) is 0 Å². The van der Waals surface area contributed by atoms with E-state index in [1.807, 2.05) is 24.3 Å². The summed E-state index contributed by atoms with van der Waals surface area (Å²) in [7, 11) is 0. The Bertz CT molecular complexity index is 477. The molecule has 0 unspecified atom stereocenters. The molecule has 0 aliphatic heterocycles. The quantitative estimate of drug-likeness (QED) is 0.812. The Morgan fingerprint density at radius 2 is 1.82 bits per heavy atom. The first-order valence-corrected chi connectivity index (χ1v) is 6.47. The second-order valence-electron chi connectivity index (χ2n) is 4.04. The van der Waals surface area contributed by atoms with Crippen molar-refractivity contribution in [1.82, 2.24) is 0 Å². The van der Waals surface area contributed by atoms with Gasteiger partial charge in [-0.15, -0.1) is 0 Å². The fraction of sp³-hybridized carbons (Fsp3) is 0.200. The van der Waals surface area contributed by atoms with Gasteiger partial charge in [-0.2, -0.15) is 0 Å². The van der Waals surface area contributed by atoms with Crippen LogP contribution in [0.1, 0.15) is 11.1 Å². The number of hydrogen-bond donors (Lipinski definition) is 0. The van der Waals surface area contributed by atoms with Gasteiger partial charge in [-0.3, -0.25) is 0 Å². The first-order valence-electron chi connectivity index (χ1n) is 5.68. The van der Waals surface area contributed by atoms with Crippen molar-refractivity contribution in [3.05, 3.63) is 64.1 Å². The second-order valence-corrected chi connectivity index (χ2v) is 4.96. The summed E-state index contributed by atoms with van der Waals surface area (Å²) < 4.78 is 6.74. The third-order valence-electron chi connectivity index (χ3n) is 2.58. The van der Waals surface area contributed by atoms with E-state index < -0.39 is 0 Å². The Kier molecular flexibility index (Phi) is 4.21. The molecule has 0 spiro atoms. The lowest BCUT2D eigenvalue weighted by Gasteiger charge is -2.06. The van der Waals surface area contributed by atoms with E-state index in [9.17, 15) is 0 Å². The first-order chi connectivity index (χ1) is 8.24. The van der Waals surface area contributed by atoms with Crippen LogP contribution in [-0.4, -0.2) is 6.61 Å². The molecule has 0 N–H and O–H groups in total. The molecule has 0 heterocycles. The molecule has 0 radical (unpaired) electrons. The molecule has 1 nitrogen and oxygen atoms in total. The summed E-state index contributed by atoms with van der Waals surface area (Å²) >= 11 is 3.43. The number of aryl methyl sites for hydroxylation is 1. The molecule has 88 valence electrons. The summed E-state index contributed by atoms with van der Waals surface area (Å²) in [5.41, 5.74) is 2.60. The van der Waals surface area contributed by atoms with Gasteiger partial charge in [0.15, 0.2) is 0 Å². The van der Waals surface area contributed by atoms with Crippen LogP contribution in [0.15, 0.2) is 53.0 Å². The zero-order valence-corrected chi connectivity index (χ0v) is 11.4. The molecule has 0 fully saturated rings. The van der Waals surface area contributed by atoms with E-state index in [2.05, 4.69) is 47.1 Å². The monoisotopic (exact) mass is 290 g/mol. The Labute approximate surface area is 111 Å². The van der Waals surface area contributed by atoms with Gasteiger partial charge in [0, 0.05) is 10.9 Å². The lowest BCUT2D eigenvalue weighted by molar-refractivity contribution is 0.322. The lowest BCUT2D eigenvalue weighted by Crippen LogP contribution is -2.01. The van der Waals surface area contributed by atoms with Crippen LogP contribution in [0.5, 0.6) is 5.75 Å². The standard InChI is InChI=1S/C15H15BrO/c1-12-5-7-13(8-6-12)9-10-17-15-4-2-3-14(16)11-15/h2-8,11H,9-10H2,1H3. The van der Waals surface area contributed by atoms with Gasteiger partial charge in [-0.25, -0.2) is 0 Å². The summed E-state index contributed by atoms with van der Waals surface area (Å²) in [6.07, 6.45) is 0.937. The number of hydrogen-bond acceptors (Lipinski definition) is 1. The number of rotatable bonds is 4. The molecule has 0 saturated carbocycles. The molecule has 0 aromatic heterocycles. The summed E-state index contributed by atoms with van der Waals surface area (Å²) in [6, 6.07) is 16.5. The molecule has 0 atom stereocenters. The fourth-order valence-electron chi connectivity index (χ4n) is 1.60. The lowest BCUT2D eigenvalue weighted by atomic mass is 10.1. The van der Waals surface area contributed by atoms with Gasteiger partial charge in [0.2, 0.25) is 0 Å². The second kappa shape index (κ2) is 5.87. The molecule has 17 heavy (non-hydrogen) atoms. The van der Waals surface area contributed by atoms with Gasteiger partial charge in [0.25, 0.3) is 0 Å². The van der Waals surface area contributed by atoms with Crippen molar-refractivity contribution in [3.63, 3.8) is 0 Å². The molecular weight excluding hydrogens is 276 g/mol. The predicted molar refractivity (Wildman–Crippen MR) is 74.5 cm³/mol. The van der Waals surface area contributed by atoms with E-state index in [4.69, 9.17) is 4.74 Å². The molecule has 0 amide bonds. The van der Waals surface area contributed by atoms with Crippen LogP contribution in [0.4, 0.5) is 0 Å². The zero-order chi connectivity index (χ0) is 12.1. The summed E-state index contributed by atoms with van der Waals surface area (Å²) in [5.74, 6) is 0.909. The van der Waals surface area contributed by atoms with Crippen LogP contribution in [0, 0.1) is 6.92 Å². The van der Waals surface area contributed by atoms with Crippen molar-refractivity contribution in [3.8, 4) is 5.75 Å². The summed E-state index contributed by atoms with van der Waals surface area (Å²) in [5, 5.41) is 0. The van der Waals surface area contributed by atoms with Crippen molar-refractivity contribution in [2.75, 3.05) is 6.61 Å². The highest BCUT2D eigenvalue weighted by atomic mass is 79.9. The van der Waals surface area contributed by atoms with Crippen molar-refractivity contribution in [2.24, 2.45) is 0 Å². The van der Waals surface area contributed by atoms with Crippen molar-refractivity contribution < 1.29 is 4.74 Å². The average Bonchev–Trinajstić information content (AvgIpc) is 2.32. The van der Waals surface area contributed by atoms with E-state index >= 15 is 0 Å². The highest BCUT2D eigenvalue weighted by Gasteiger charge is 1.96. The molecular formula is C15H15BrO. The molecule has 2 rings (SSSR count). The third kappa shape index (κ3) is 3.90. The molecule has 0 aliphatic carbocycles. The normalized spacial score (nSPS) is 10.2. The summed E-state index contributed by atoms with van der Waals surface area (Å²) in [4.78, 5) is 0. The van der Waals surface area contributed by atoms with Crippen LogP contribution in [-0.2, 0) is 6.42 Å². The fourth-order valence-corrected chi connectivity index (χ4v) is 1.98. The highest BCUT2D eigenvalue weighted by molar-refractivity contribution is 9.10. The molecule has 2 heteroatoms. The van der Waals surface area contributed by atoms with Gasteiger partial charge >= 0.3 is 0 Å². The minimum atomic E-state index is 0.708. The minimum absolute atomic E-state index is 0.708. The van der Waals surface area contributed by atoms with Crippen molar-refractivity contribution in [1.29, 1.82) is 0 Å². The molecule has 2 aromatic rings. The van der Waals surface area contributed by atoms with Gasteiger partial charge in [0.05, 0.1) is 6.61 Å². The van der Waals surface area contributed by atoms with Crippen LogP contribution < -0.4 is 4.74 Å². The maximum atomic E-state index is 5.69. The van der Waals surface area contributed by atoms with E-state index in [0.717, 1.165) is 16.6 Å². The van der Waals surface area contributed by atoms with Gasteiger partial charge in [-0.05, 0) is 30.7 Å². The third-order valence-corrected chi connectivity index (χ3v) is 3.07. The van der Waals surface area contributed by atoms with Crippen LogP contribution in [0.3, 0.4) is 0 Å². The number of benzene rings is 2. The predicted octanol–water partition coefficient (Wildman–Crippen LogP) is 4.38. The zero-order valence-electron chi connectivity index (χ0n) is 9.82. The number of ether oxygens (including phenoxy) is 1. The Morgan fingerprint density at radius 3 is 2.53 bits per heavy atom. The number of halogens is 1. The van der Waals surface area contributed by atoms with E-state index in [1.165, 1.54) is 11.1 Å². The minimum Gasteiger partial charge on any atom is -0.493 e. The topological polar surface area (TPSA) is 9.23 Å². The maximum Gasteiger partial charge on any atom is 0.120 e. The van der Waals surface area contributed by atoms with Gasteiger partial charge in [-0.1, -0.05) is 51.8 Å². The van der Waals surface area contributed by atoms with E-state index in [-0.39, 0.29) is 0 Å². The highest BCUT2D eigenvalue weighted by Crippen LogP contribution is 2.17. The molecule has 0 bridgehead atoms. The van der Waals surface area contributed by atoms with Gasteiger partial charge < -0.3 is 4.74 Å². The van der Waals surface area contributed by atoms with E-state index in [0.29, 0.717) is 6.61 Å². The van der Waals surface area contributed by atoms with E-state index in [1.54, 1.807) is 0 Å². The Morgan fingerprint density at radius 1 is 1.06 bits per heavy atom. The molecule has 2 aromatic carbocycles. The Balaban J connectivity index is 1.85. The largest absolute Gasteiger partial charge is 0.493 e. The Hall–Kier alpha value is -1.28. The van der Waals surface area contributed by atoms with Gasteiger partial charge in [0.1, 0.15) is 5.75 Å². The molecule has 0 aliphatic rings. The summed E-state index contributed by atoms with van der Waals surface area (Å²) in [6.45, 7) is 2.81.